The van der Waals surface area contributed by atoms with Crippen molar-refractivity contribution >= 4 is 17.7 Å². The number of hydrogen-bond donors (Lipinski definition) is 2. The number of anilines is 1. The number of rotatable bonds is 4. The number of benzene rings is 1. The number of carbonyl (C=O) groups is 2. The molecule has 5 nitrogen and oxygen atoms in total. The number of aliphatic carboxylic acids is 1. The van der Waals surface area contributed by atoms with Crippen LogP contribution in [0.25, 0.3) is 0 Å². The van der Waals surface area contributed by atoms with Crippen molar-refractivity contribution in [2.24, 2.45) is 5.92 Å². The minimum Gasteiger partial charge on any atom is -0.480 e. The molecule has 0 bridgehead atoms. The summed E-state index contributed by atoms with van der Waals surface area (Å²) >= 11 is 0. The minimum atomic E-state index is -1.12. The Bertz CT molecular complexity index is 477. The highest BCUT2D eigenvalue weighted by Gasteiger charge is 2.25. The van der Waals surface area contributed by atoms with E-state index in [-0.39, 0.29) is 11.6 Å². The van der Waals surface area contributed by atoms with Crippen LogP contribution in [0, 0.1) is 11.7 Å². The zero-order chi connectivity index (χ0) is 14.6. The lowest BCUT2D eigenvalue weighted by Gasteiger charge is -2.23. The van der Waals surface area contributed by atoms with E-state index < -0.39 is 23.9 Å². The highest BCUT2D eigenvalue weighted by atomic mass is 19.1. The zero-order valence-corrected chi connectivity index (χ0v) is 11.1. The number of nitrogens with zero attached hydrogens (tertiary/aromatic N) is 1. The molecular weight excluding hydrogens is 251 g/mol. The molecule has 0 aromatic heterocycles. The van der Waals surface area contributed by atoms with Crippen LogP contribution in [0.2, 0.25) is 0 Å². The molecule has 1 rings (SSSR count). The van der Waals surface area contributed by atoms with Crippen molar-refractivity contribution in [1.82, 2.24) is 5.32 Å². The Morgan fingerprint density at radius 1 is 1.32 bits per heavy atom. The quantitative estimate of drug-likeness (QED) is 0.878. The highest BCUT2D eigenvalue weighted by Crippen LogP contribution is 2.17. The Morgan fingerprint density at radius 3 is 2.37 bits per heavy atom. The molecule has 104 valence electrons. The van der Waals surface area contributed by atoms with Crippen LogP contribution in [0.3, 0.4) is 0 Å². The zero-order valence-electron chi connectivity index (χ0n) is 11.1. The molecule has 2 N–H and O–H groups in total. The van der Waals surface area contributed by atoms with Gasteiger partial charge in [-0.15, -0.1) is 0 Å². The molecule has 1 atom stereocenters. The topological polar surface area (TPSA) is 69.6 Å². The molecule has 1 aromatic carbocycles. The standard InChI is InChI=1S/C13H17FN2O3/c1-8(2)11(12(17)18)15-13(19)16(3)10-7-5-4-6-9(10)14/h4-8,11H,1-3H3,(H,15,19)(H,17,18)/t11-/m1/s1. The van der Waals surface area contributed by atoms with Crippen LogP contribution in [0.4, 0.5) is 14.9 Å². The van der Waals surface area contributed by atoms with Gasteiger partial charge in [-0.1, -0.05) is 26.0 Å². The van der Waals surface area contributed by atoms with Crippen LogP contribution >= 0.6 is 0 Å². The molecule has 0 spiro atoms. The monoisotopic (exact) mass is 268 g/mol. The predicted octanol–water partition coefficient (Wildman–Crippen LogP) is 2.08. The van der Waals surface area contributed by atoms with Crippen LogP contribution in [0.15, 0.2) is 24.3 Å². The summed E-state index contributed by atoms with van der Waals surface area (Å²) in [6.07, 6.45) is 0. The van der Waals surface area contributed by atoms with Gasteiger partial charge in [0.15, 0.2) is 0 Å². The van der Waals surface area contributed by atoms with Crippen LogP contribution < -0.4 is 10.2 Å². The van der Waals surface area contributed by atoms with Gasteiger partial charge in [-0.05, 0) is 18.1 Å². The summed E-state index contributed by atoms with van der Waals surface area (Å²) in [5.74, 6) is -1.93. The third-order valence-corrected chi connectivity index (χ3v) is 2.73. The third kappa shape index (κ3) is 3.67. The summed E-state index contributed by atoms with van der Waals surface area (Å²) in [6, 6.07) is 4.11. The fourth-order valence-corrected chi connectivity index (χ4v) is 1.58. The van der Waals surface area contributed by atoms with Gasteiger partial charge < -0.3 is 10.4 Å². The maximum absolute atomic E-state index is 13.5. The summed E-state index contributed by atoms with van der Waals surface area (Å²) in [7, 11) is 1.38. The molecular formula is C13H17FN2O3. The Balaban J connectivity index is 2.83. The SMILES string of the molecule is CC(C)[C@@H](NC(=O)N(C)c1ccccc1F)C(=O)O. The van der Waals surface area contributed by atoms with Crippen molar-refractivity contribution in [2.75, 3.05) is 11.9 Å². The number of urea groups is 1. The van der Waals surface area contributed by atoms with E-state index in [1.807, 2.05) is 0 Å². The number of halogens is 1. The first-order valence-electron chi connectivity index (χ1n) is 5.86. The van der Waals surface area contributed by atoms with Crippen molar-refractivity contribution in [1.29, 1.82) is 0 Å². The van der Waals surface area contributed by atoms with E-state index in [9.17, 15) is 14.0 Å². The molecule has 1 aromatic rings. The average Bonchev–Trinajstić information content (AvgIpc) is 2.34. The van der Waals surface area contributed by atoms with Gasteiger partial charge in [0.25, 0.3) is 0 Å². The van der Waals surface area contributed by atoms with Gasteiger partial charge >= 0.3 is 12.0 Å². The molecule has 0 unspecified atom stereocenters. The van der Waals surface area contributed by atoms with Crippen molar-refractivity contribution in [3.8, 4) is 0 Å². The van der Waals surface area contributed by atoms with Gasteiger partial charge in [0.2, 0.25) is 0 Å². The number of carboxylic acid groups (broad SMARTS) is 1. The molecule has 2 amide bonds. The van der Waals surface area contributed by atoms with Crippen LogP contribution in [-0.2, 0) is 4.79 Å². The van der Waals surface area contributed by atoms with Crippen molar-refractivity contribution in [3.63, 3.8) is 0 Å². The maximum atomic E-state index is 13.5. The third-order valence-electron chi connectivity index (χ3n) is 2.73. The summed E-state index contributed by atoms with van der Waals surface area (Å²) in [4.78, 5) is 23.9. The number of para-hydroxylation sites is 1. The van der Waals surface area contributed by atoms with Crippen molar-refractivity contribution in [3.05, 3.63) is 30.1 Å². The predicted molar refractivity (Wildman–Crippen MR) is 69.6 cm³/mol. The van der Waals surface area contributed by atoms with E-state index in [1.54, 1.807) is 19.9 Å². The van der Waals surface area contributed by atoms with E-state index in [4.69, 9.17) is 5.11 Å². The number of hydrogen-bond acceptors (Lipinski definition) is 2. The molecule has 6 heteroatoms. The Labute approximate surface area is 111 Å². The summed E-state index contributed by atoms with van der Waals surface area (Å²) in [6.45, 7) is 3.37. The molecule has 0 aliphatic heterocycles. The van der Waals surface area contributed by atoms with Crippen LogP contribution in [0.1, 0.15) is 13.8 Å². The molecule has 0 radical (unpaired) electrons. The van der Waals surface area contributed by atoms with Gasteiger partial charge in [0.1, 0.15) is 11.9 Å². The van der Waals surface area contributed by atoms with Gasteiger partial charge in [0.05, 0.1) is 5.69 Å². The summed E-state index contributed by atoms with van der Waals surface area (Å²) < 4.78 is 13.5. The summed E-state index contributed by atoms with van der Waals surface area (Å²) in [5.41, 5.74) is 0.0906. The number of carbonyl (C=O) groups excluding carboxylic acids is 1. The molecule has 0 fully saturated rings. The lowest BCUT2D eigenvalue weighted by molar-refractivity contribution is -0.140. The van der Waals surface area contributed by atoms with Crippen molar-refractivity contribution < 1.29 is 19.1 Å². The first-order chi connectivity index (χ1) is 8.84. The molecule has 0 saturated carbocycles. The van der Waals surface area contributed by atoms with Crippen LogP contribution in [-0.4, -0.2) is 30.2 Å². The fraction of sp³-hybridized carbons (Fsp3) is 0.385. The maximum Gasteiger partial charge on any atom is 0.326 e. The van der Waals surface area contributed by atoms with Crippen molar-refractivity contribution in [2.45, 2.75) is 19.9 Å². The molecule has 19 heavy (non-hydrogen) atoms. The smallest absolute Gasteiger partial charge is 0.326 e. The Hall–Kier alpha value is -2.11. The number of amides is 2. The molecule has 0 aliphatic carbocycles. The van der Waals surface area contributed by atoms with E-state index in [0.29, 0.717) is 0 Å². The Kier molecular flexibility index (Phi) is 4.86. The molecule has 0 saturated heterocycles. The average molecular weight is 268 g/mol. The van der Waals surface area contributed by atoms with Gasteiger partial charge in [-0.3, -0.25) is 4.90 Å². The van der Waals surface area contributed by atoms with Gasteiger partial charge in [-0.25, -0.2) is 14.0 Å². The molecule has 0 aliphatic rings. The fourth-order valence-electron chi connectivity index (χ4n) is 1.58. The second-order valence-corrected chi connectivity index (χ2v) is 4.52. The largest absolute Gasteiger partial charge is 0.480 e. The number of nitrogens with one attached hydrogen (secondary N) is 1. The minimum absolute atomic E-state index is 0.0906. The van der Waals surface area contributed by atoms with Gasteiger partial charge in [-0.2, -0.15) is 0 Å². The Morgan fingerprint density at radius 2 is 1.89 bits per heavy atom. The van der Waals surface area contributed by atoms with E-state index >= 15 is 0 Å². The molecule has 0 heterocycles. The first kappa shape index (κ1) is 14.9. The number of carboxylic acids is 1. The normalized spacial score (nSPS) is 12.1. The lowest BCUT2D eigenvalue weighted by atomic mass is 10.1. The lowest BCUT2D eigenvalue weighted by Crippen LogP contribution is -2.49. The second-order valence-electron chi connectivity index (χ2n) is 4.52. The summed E-state index contributed by atoms with van der Waals surface area (Å²) in [5, 5.41) is 11.4. The van der Waals surface area contributed by atoms with E-state index in [2.05, 4.69) is 5.32 Å². The first-order valence-corrected chi connectivity index (χ1v) is 5.86. The van der Waals surface area contributed by atoms with E-state index in [1.165, 1.54) is 25.2 Å². The van der Waals surface area contributed by atoms with E-state index in [0.717, 1.165) is 4.90 Å². The highest BCUT2D eigenvalue weighted by molar-refractivity contribution is 5.94. The van der Waals surface area contributed by atoms with Crippen LogP contribution in [0.5, 0.6) is 0 Å². The van der Waals surface area contributed by atoms with Gasteiger partial charge in [0, 0.05) is 7.05 Å². The second kappa shape index (κ2) is 6.17.